The maximum atomic E-state index is 13.1. The molecule has 1 aromatic heterocycles. The molecule has 0 spiro atoms. The normalized spacial score (nSPS) is 13.4. The van der Waals surface area contributed by atoms with Crippen LogP contribution in [-0.4, -0.2) is 9.97 Å². The lowest BCUT2D eigenvalue weighted by atomic mass is 10.2. The van der Waals surface area contributed by atoms with Crippen LogP contribution in [0.5, 0.6) is 0 Å². The van der Waals surface area contributed by atoms with Gasteiger partial charge in [-0.25, -0.2) is 14.4 Å². The molecule has 92 valence electrons. The second-order valence-corrected chi connectivity index (χ2v) is 4.34. The molecule has 0 saturated heterocycles. The van der Waals surface area contributed by atoms with Crippen LogP contribution in [-0.2, 0) is 13.1 Å². The molecular weight excluding hydrogens is 255 g/mol. The van der Waals surface area contributed by atoms with Crippen molar-refractivity contribution in [3.8, 4) is 0 Å². The van der Waals surface area contributed by atoms with Gasteiger partial charge in [0.05, 0.1) is 5.69 Å². The Morgan fingerprint density at radius 2 is 2.17 bits per heavy atom. The molecule has 0 bridgehead atoms. The lowest BCUT2D eigenvalue weighted by Gasteiger charge is -2.09. The van der Waals surface area contributed by atoms with E-state index in [0.717, 1.165) is 11.3 Å². The number of hydrogen-bond acceptors (Lipinski definition) is 4. The Kier molecular flexibility index (Phi) is 2.85. The zero-order valence-corrected chi connectivity index (χ0v) is 10.1. The average Bonchev–Trinajstić information content (AvgIpc) is 2.77. The number of nitrogens with one attached hydrogen (secondary N) is 2. The molecule has 6 heteroatoms. The van der Waals surface area contributed by atoms with E-state index in [2.05, 4.69) is 20.6 Å². The van der Waals surface area contributed by atoms with Crippen LogP contribution >= 0.6 is 11.6 Å². The lowest BCUT2D eigenvalue weighted by Crippen LogP contribution is -2.03. The van der Waals surface area contributed by atoms with E-state index < -0.39 is 0 Å². The molecule has 2 aromatic rings. The molecular formula is C12H10ClFN4. The summed E-state index contributed by atoms with van der Waals surface area (Å²) < 4.78 is 13.1. The van der Waals surface area contributed by atoms with E-state index in [0.29, 0.717) is 24.6 Å². The Bertz CT molecular complexity index is 603. The minimum atomic E-state index is -0.296. The van der Waals surface area contributed by atoms with Gasteiger partial charge in [0.1, 0.15) is 11.6 Å². The van der Waals surface area contributed by atoms with Crippen LogP contribution < -0.4 is 10.6 Å². The van der Waals surface area contributed by atoms with Gasteiger partial charge in [0.2, 0.25) is 5.28 Å². The summed E-state index contributed by atoms with van der Waals surface area (Å²) in [5.41, 5.74) is 2.50. The quantitative estimate of drug-likeness (QED) is 0.819. The Morgan fingerprint density at radius 1 is 1.28 bits per heavy atom. The van der Waals surface area contributed by atoms with Gasteiger partial charge in [0, 0.05) is 24.3 Å². The maximum absolute atomic E-state index is 13.1. The molecule has 0 fully saturated rings. The fourth-order valence-corrected chi connectivity index (χ4v) is 2.13. The predicted molar refractivity (Wildman–Crippen MR) is 67.3 cm³/mol. The Balaban J connectivity index is 1.98. The maximum Gasteiger partial charge on any atom is 0.224 e. The first-order valence-electron chi connectivity index (χ1n) is 5.51. The van der Waals surface area contributed by atoms with Gasteiger partial charge < -0.3 is 10.6 Å². The standard InChI is InChI=1S/C12H10ClFN4/c13-12-17-10-6-15-5-9(10)11(18-12)16-8-3-1-2-7(14)4-8/h1-4,15H,5-6H2,(H,16,17,18). The zero-order valence-electron chi connectivity index (χ0n) is 9.37. The monoisotopic (exact) mass is 264 g/mol. The van der Waals surface area contributed by atoms with Gasteiger partial charge in [-0.15, -0.1) is 0 Å². The highest BCUT2D eigenvalue weighted by atomic mass is 35.5. The third-order valence-electron chi connectivity index (χ3n) is 2.75. The number of hydrogen-bond donors (Lipinski definition) is 2. The van der Waals surface area contributed by atoms with Gasteiger partial charge in [0.25, 0.3) is 0 Å². The number of nitrogens with zero attached hydrogens (tertiary/aromatic N) is 2. The first-order valence-corrected chi connectivity index (χ1v) is 5.89. The molecule has 0 amide bonds. The van der Waals surface area contributed by atoms with Gasteiger partial charge in [-0.05, 0) is 29.8 Å². The van der Waals surface area contributed by atoms with Crippen molar-refractivity contribution in [2.24, 2.45) is 0 Å². The molecule has 2 N–H and O–H groups in total. The molecule has 18 heavy (non-hydrogen) atoms. The number of anilines is 2. The van der Waals surface area contributed by atoms with E-state index in [9.17, 15) is 4.39 Å². The Hall–Kier alpha value is -1.72. The van der Waals surface area contributed by atoms with Crippen LogP contribution in [0.1, 0.15) is 11.3 Å². The van der Waals surface area contributed by atoms with Crippen LogP contribution in [0, 0.1) is 5.82 Å². The number of fused-ring (bicyclic) bond motifs is 1. The third kappa shape index (κ3) is 2.14. The summed E-state index contributed by atoms with van der Waals surface area (Å²) in [5.74, 6) is 0.329. The summed E-state index contributed by atoms with van der Waals surface area (Å²) in [6.45, 7) is 1.36. The van der Waals surface area contributed by atoms with E-state index >= 15 is 0 Å². The second-order valence-electron chi connectivity index (χ2n) is 4.01. The van der Waals surface area contributed by atoms with Gasteiger partial charge >= 0.3 is 0 Å². The van der Waals surface area contributed by atoms with Crippen molar-refractivity contribution >= 4 is 23.1 Å². The van der Waals surface area contributed by atoms with Crippen LogP contribution in [0.25, 0.3) is 0 Å². The van der Waals surface area contributed by atoms with E-state index in [1.165, 1.54) is 12.1 Å². The van der Waals surface area contributed by atoms with Crippen LogP contribution in [0.2, 0.25) is 5.28 Å². The molecule has 1 aromatic carbocycles. The van der Waals surface area contributed by atoms with Crippen molar-refractivity contribution in [3.63, 3.8) is 0 Å². The van der Waals surface area contributed by atoms with E-state index in [4.69, 9.17) is 11.6 Å². The number of aromatic nitrogens is 2. The summed E-state index contributed by atoms with van der Waals surface area (Å²) >= 11 is 5.86. The van der Waals surface area contributed by atoms with Gasteiger partial charge in [-0.3, -0.25) is 0 Å². The number of halogens is 2. The summed E-state index contributed by atoms with van der Waals surface area (Å²) in [5, 5.41) is 6.44. The summed E-state index contributed by atoms with van der Waals surface area (Å²) in [6.07, 6.45) is 0. The largest absolute Gasteiger partial charge is 0.340 e. The number of benzene rings is 1. The Morgan fingerprint density at radius 3 is 3.00 bits per heavy atom. The Labute approximate surface area is 108 Å². The highest BCUT2D eigenvalue weighted by Crippen LogP contribution is 2.25. The molecule has 1 aliphatic heterocycles. The van der Waals surface area contributed by atoms with E-state index in [1.54, 1.807) is 12.1 Å². The van der Waals surface area contributed by atoms with Crippen molar-refractivity contribution in [2.45, 2.75) is 13.1 Å². The summed E-state index contributed by atoms with van der Waals surface area (Å²) in [7, 11) is 0. The van der Waals surface area contributed by atoms with Crippen molar-refractivity contribution in [2.75, 3.05) is 5.32 Å². The van der Waals surface area contributed by atoms with Crippen molar-refractivity contribution < 1.29 is 4.39 Å². The molecule has 0 radical (unpaired) electrons. The van der Waals surface area contributed by atoms with Crippen molar-refractivity contribution in [1.29, 1.82) is 0 Å². The first-order chi connectivity index (χ1) is 8.72. The minimum Gasteiger partial charge on any atom is -0.340 e. The molecule has 2 heterocycles. The van der Waals surface area contributed by atoms with Gasteiger partial charge in [0.15, 0.2) is 0 Å². The smallest absolute Gasteiger partial charge is 0.224 e. The van der Waals surface area contributed by atoms with Gasteiger partial charge in [-0.2, -0.15) is 0 Å². The average molecular weight is 265 g/mol. The highest BCUT2D eigenvalue weighted by Gasteiger charge is 2.18. The van der Waals surface area contributed by atoms with E-state index in [-0.39, 0.29) is 11.1 Å². The van der Waals surface area contributed by atoms with Crippen LogP contribution in [0.3, 0.4) is 0 Å². The SMILES string of the molecule is Fc1cccc(Nc2nc(Cl)nc3c2CNC3)c1. The van der Waals surface area contributed by atoms with Crippen LogP contribution in [0.4, 0.5) is 15.9 Å². The van der Waals surface area contributed by atoms with Crippen LogP contribution in [0.15, 0.2) is 24.3 Å². The summed E-state index contributed by atoms with van der Waals surface area (Å²) in [4.78, 5) is 8.30. The zero-order chi connectivity index (χ0) is 12.5. The molecule has 0 saturated carbocycles. The second kappa shape index (κ2) is 4.51. The first kappa shape index (κ1) is 11.4. The van der Waals surface area contributed by atoms with Crippen molar-refractivity contribution in [1.82, 2.24) is 15.3 Å². The topological polar surface area (TPSA) is 49.8 Å². The molecule has 1 aliphatic rings. The van der Waals surface area contributed by atoms with E-state index in [1.807, 2.05) is 0 Å². The van der Waals surface area contributed by atoms with Gasteiger partial charge in [-0.1, -0.05) is 6.07 Å². The number of rotatable bonds is 2. The minimum absolute atomic E-state index is 0.191. The molecule has 4 nitrogen and oxygen atoms in total. The molecule has 3 rings (SSSR count). The predicted octanol–water partition coefficient (Wildman–Crippen LogP) is 2.62. The fourth-order valence-electron chi connectivity index (χ4n) is 1.94. The van der Waals surface area contributed by atoms with Crippen molar-refractivity contribution in [3.05, 3.63) is 46.6 Å². The highest BCUT2D eigenvalue weighted by molar-refractivity contribution is 6.28. The fraction of sp³-hybridized carbons (Fsp3) is 0.167. The third-order valence-corrected chi connectivity index (χ3v) is 2.92. The summed E-state index contributed by atoms with van der Waals surface area (Å²) in [6, 6.07) is 6.21. The molecule has 0 aliphatic carbocycles. The molecule has 0 unspecified atom stereocenters. The lowest BCUT2D eigenvalue weighted by molar-refractivity contribution is 0.628. The molecule has 0 atom stereocenters.